The van der Waals surface area contributed by atoms with Gasteiger partial charge >= 0.3 is 0 Å². The van der Waals surface area contributed by atoms with E-state index in [0.717, 1.165) is 31.5 Å². The average Bonchev–Trinajstić information content (AvgIpc) is 3.37. The molecule has 3 heterocycles. The molecule has 0 radical (unpaired) electrons. The van der Waals surface area contributed by atoms with Crippen LogP contribution < -0.4 is 0 Å². The molecule has 3 aromatic rings. The number of carbonyl (C=O) groups excluding carboxylic acids is 1. The van der Waals surface area contributed by atoms with Crippen molar-refractivity contribution in [1.29, 1.82) is 0 Å². The molecule has 1 aliphatic heterocycles. The first-order valence-electron chi connectivity index (χ1n) is 8.23. The van der Waals surface area contributed by atoms with Crippen LogP contribution in [0.2, 0.25) is 5.02 Å². The van der Waals surface area contributed by atoms with Gasteiger partial charge in [0.25, 0.3) is 11.8 Å². The topological polar surface area (TPSA) is 64.2 Å². The molecule has 4 rings (SSSR count). The smallest absolute Gasteiger partial charge is 0.270 e. The van der Waals surface area contributed by atoms with Crippen LogP contribution in [0.1, 0.15) is 29.2 Å². The van der Waals surface area contributed by atoms with Crippen molar-refractivity contribution >= 4 is 17.5 Å². The summed E-state index contributed by atoms with van der Waals surface area (Å²) < 4.78 is 7.18. The number of amides is 1. The van der Waals surface area contributed by atoms with E-state index in [4.69, 9.17) is 16.1 Å². The molecule has 0 bridgehead atoms. The molecule has 1 aliphatic rings. The quantitative estimate of drug-likeness (QED) is 0.718. The van der Waals surface area contributed by atoms with E-state index in [1.807, 2.05) is 39.9 Å². The van der Waals surface area contributed by atoms with Gasteiger partial charge in [0.15, 0.2) is 5.82 Å². The standard InChI is InChI=1S/C18H17ClN4O2/c19-14-7-5-13(6-8-14)17-20-16(21-25-17)12-23-11-3-4-15(23)18(24)22-9-1-2-10-22/h3-8,11H,1-2,9-10,12H2. The van der Waals surface area contributed by atoms with Gasteiger partial charge in [-0.2, -0.15) is 4.98 Å². The van der Waals surface area contributed by atoms with Crippen molar-refractivity contribution in [3.05, 3.63) is 59.1 Å². The summed E-state index contributed by atoms with van der Waals surface area (Å²) in [6.07, 6.45) is 4.01. The fourth-order valence-electron chi connectivity index (χ4n) is 3.01. The van der Waals surface area contributed by atoms with E-state index < -0.39 is 0 Å². The van der Waals surface area contributed by atoms with Crippen LogP contribution >= 0.6 is 11.6 Å². The molecule has 0 atom stereocenters. The molecular weight excluding hydrogens is 340 g/mol. The van der Waals surface area contributed by atoms with Crippen molar-refractivity contribution in [2.75, 3.05) is 13.1 Å². The maximum absolute atomic E-state index is 12.6. The number of nitrogens with zero attached hydrogens (tertiary/aromatic N) is 4. The Kier molecular flexibility index (Phi) is 4.28. The molecule has 0 spiro atoms. The van der Waals surface area contributed by atoms with E-state index in [-0.39, 0.29) is 5.91 Å². The van der Waals surface area contributed by atoms with Crippen LogP contribution in [0.15, 0.2) is 47.1 Å². The fraction of sp³-hybridized carbons (Fsp3) is 0.278. The molecule has 1 saturated heterocycles. The van der Waals surface area contributed by atoms with Crippen LogP contribution in [0.25, 0.3) is 11.5 Å². The van der Waals surface area contributed by atoms with Gasteiger partial charge in [-0.05, 0) is 49.2 Å². The van der Waals surface area contributed by atoms with Crippen molar-refractivity contribution in [2.45, 2.75) is 19.4 Å². The van der Waals surface area contributed by atoms with Gasteiger partial charge in [-0.25, -0.2) is 0 Å². The van der Waals surface area contributed by atoms with Gasteiger partial charge in [-0.3, -0.25) is 4.79 Å². The Morgan fingerprint density at radius 3 is 2.68 bits per heavy atom. The summed E-state index contributed by atoms with van der Waals surface area (Å²) in [5, 5.41) is 4.68. The van der Waals surface area contributed by atoms with E-state index in [1.165, 1.54) is 0 Å². The Labute approximate surface area is 150 Å². The van der Waals surface area contributed by atoms with Crippen molar-refractivity contribution in [1.82, 2.24) is 19.6 Å². The molecule has 1 aromatic carbocycles. The Morgan fingerprint density at radius 1 is 1.16 bits per heavy atom. The molecular formula is C18H17ClN4O2. The maximum Gasteiger partial charge on any atom is 0.270 e. The van der Waals surface area contributed by atoms with Gasteiger partial charge in [0.05, 0.1) is 6.54 Å². The third-order valence-corrected chi connectivity index (χ3v) is 4.56. The number of benzene rings is 1. The van der Waals surface area contributed by atoms with Crippen LogP contribution in [0.4, 0.5) is 0 Å². The Morgan fingerprint density at radius 2 is 1.92 bits per heavy atom. The highest BCUT2D eigenvalue weighted by Gasteiger charge is 2.22. The Hall–Kier alpha value is -2.60. The number of likely N-dealkylation sites (tertiary alicyclic amines) is 1. The SMILES string of the molecule is O=C(c1cccn1Cc1noc(-c2ccc(Cl)cc2)n1)N1CCCC1. The first-order chi connectivity index (χ1) is 12.2. The van der Waals surface area contributed by atoms with Gasteiger partial charge in [0.2, 0.25) is 0 Å². The van der Waals surface area contributed by atoms with E-state index in [9.17, 15) is 4.79 Å². The molecule has 25 heavy (non-hydrogen) atoms. The Balaban J connectivity index is 1.52. The number of hydrogen-bond donors (Lipinski definition) is 0. The maximum atomic E-state index is 12.6. The summed E-state index contributed by atoms with van der Waals surface area (Å²) in [4.78, 5) is 18.9. The lowest BCUT2D eigenvalue weighted by molar-refractivity contribution is 0.0782. The molecule has 0 aliphatic carbocycles. The predicted molar refractivity (Wildman–Crippen MR) is 93.4 cm³/mol. The van der Waals surface area contributed by atoms with Gasteiger partial charge in [0, 0.05) is 29.9 Å². The first-order valence-corrected chi connectivity index (χ1v) is 8.61. The van der Waals surface area contributed by atoms with Gasteiger partial charge in [-0.1, -0.05) is 16.8 Å². The van der Waals surface area contributed by atoms with E-state index in [1.54, 1.807) is 12.1 Å². The van der Waals surface area contributed by atoms with Crippen LogP contribution in [0, 0.1) is 0 Å². The summed E-state index contributed by atoms with van der Waals surface area (Å²) >= 11 is 5.89. The molecule has 6 nitrogen and oxygen atoms in total. The van der Waals surface area contributed by atoms with E-state index >= 15 is 0 Å². The third-order valence-electron chi connectivity index (χ3n) is 4.31. The second kappa shape index (κ2) is 6.72. The van der Waals surface area contributed by atoms with E-state index in [2.05, 4.69) is 10.1 Å². The zero-order chi connectivity index (χ0) is 17.2. The number of rotatable bonds is 4. The highest BCUT2D eigenvalue weighted by Crippen LogP contribution is 2.20. The van der Waals surface area contributed by atoms with Crippen molar-refractivity contribution < 1.29 is 9.32 Å². The predicted octanol–water partition coefficient (Wildman–Crippen LogP) is 3.48. The van der Waals surface area contributed by atoms with Crippen LogP contribution in [-0.4, -0.2) is 38.6 Å². The first kappa shape index (κ1) is 15.9. The highest BCUT2D eigenvalue weighted by molar-refractivity contribution is 6.30. The molecule has 1 fully saturated rings. The summed E-state index contributed by atoms with van der Waals surface area (Å²) in [6, 6.07) is 10.9. The summed E-state index contributed by atoms with van der Waals surface area (Å²) in [5.74, 6) is 1.02. The van der Waals surface area contributed by atoms with Gasteiger partial charge in [-0.15, -0.1) is 0 Å². The second-order valence-electron chi connectivity index (χ2n) is 6.04. The monoisotopic (exact) mass is 356 g/mol. The summed E-state index contributed by atoms with van der Waals surface area (Å²) in [7, 11) is 0. The fourth-order valence-corrected chi connectivity index (χ4v) is 3.13. The third kappa shape index (κ3) is 3.30. The summed E-state index contributed by atoms with van der Waals surface area (Å²) in [6.45, 7) is 2.04. The van der Waals surface area contributed by atoms with Crippen molar-refractivity contribution in [3.8, 4) is 11.5 Å². The molecule has 0 unspecified atom stereocenters. The molecule has 0 N–H and O–H groups in total. The minimum Gasteiger partial charge on any atom is -0.337 e. The molecule has 7 heteroatoms. The molecule has 1 amide bonds. The van der Waals surface area contributed by atoms with Crippen molar-refractivity contribution in [2.24, 2.45) is 0 Å². The highest BCUT2D eigenvalue weighted by atomic mass is 35.5. The zero-order valence-corrected chi connectivity index (χ0v) is 14.3. The van der Waals surface area contributed by atoms with Gasteiger partial charge < -0.3 is 14.0 Å². The van der Waals surface area contributed by atoms with E-state index in [0.29, 0.717) is 29.0 Å². The summed E-state index contributed by atoms with van der Waals surface area (Å²) in [5.41, 5.74) is 1.46. The van der Waals surface area contributed by atoms with Crippen LogP contribution in [0.5, 0.6) is 0 Å². The number of halogens is 1. The minimum absolute atomic E-state index is 0.0592. The number of hydrogen-bond acceptors (Lipinski definition) is 4. The molecule has 2 aromatic heterocycles. The number of carbonyl (C=O) groups is 1. The lowest BCUT2D eigenvalue weighted by atomic mass is 10.2. The largest absolute Gasteiger partial charge is 0.337 e. The molecule has 0 saturated carbocycles. The molecule has 128 valence electrons. The normalized spacial score (nSPS) is 14.2. The van der Waals surface area contributed by atoms with Crippen LogP contribution in [-0.2, 0) is 6.54 Å². The average molecular weight is 357 g/mol. The minimum atomic E-state index is 0.0592. The lowest BCUT2D eigenvalue weighted by Crippen LogP contribution is -2.29. The second-order valence-corrected chi connectivity index (χ2v) is 6.48. The van der Waals surface area contributed by atoms with Crippen LogP contribution in [0.3, 0.4) is 0 Å². The Bertz CT molecular complexity index is 879. The zero-order valence-electron chi connectivity index (χ0n) is 13.6. The number of aromatic nitrogens is 3. The van der Waals surface area contributed by atoms with Gasteiger partial charge in [0.1, 0.15) is 5.69 Å². The lowest BCUT2D eigenvalue weighted by Gasteiger charge is -2.16. The van der Waals surface area contributed by atoms with Crippen molar-refractivity contribution in [3.63, 3.8) is 0 Å².